The maximum atomic E-state index is 14.9. The summed E-state index contributed by atoms with van der Waals surface area (Å²) < 4.78 is 96.3. The standard InChI is InChI=1S/C29H34F4N3O2PS/c1-5-36-15-13-23(22(30)18-36)35-25-9-6-8-20-21(17-29(31,32)33)27(40-28(20)25)10-7-14-34-24-12-11-19(39(3,4)37)16-26(24)38-2/h6,8-9,11-12,16,22-23,34-35H,5,13-15,17-18H2,1-4H3/t22-,23+/m1/s1/i2D3. The third-order valence-corrected chi connectivity index (χ3v) is 9.59. The van der Waals surface area contributed by atoms with E-state index in [1.165, 1.54) is 12.1 Å². The second kappa shape index (κ2) is 12.4. The van der Waals surface area contributed by atoms with Crippen molar-refractivity contribution in [2.24, 2.45) is 0 Å². The number of likely N-dealkylation sites (tertiary alicyclic amines) is 1. The van der Waals surface area contributed by atoms with Crippen molar-refractivity contribution in [1.82, 2.24) is 4.90 Å². The van der Waals surface area contributed by atoms with E-state index >= 15 is 0 Å². The molecular weight excluding hydrogens is 561 g/mol. The summed E-state index contributed by atoms with van der Waals surface area (Å²) in [7, 11) is -5.45. The first-order valence-electron chi connectivity index (χ1n) is 14.4. The number of nitrogens with one attached hydrogen (secondary N) is 2. The molecule has 4 rings (SSSR count). The first-order chi connectivity index (χ1) is 20.0. The van der Waals surface area contributed by atoms with Gasteiger partial charge in [0, 0.05) is 18.4 Å². The van der Waals surface area contributed by atoms with E-state index in [1.807, 2.05) is 11.8 Å². The van der Waals surface area contributed by atoms with Crippen molar-refractivity contribution in [3.05, 3.63) is 46.8 Å². The van der Waals surface area contributed by atoms with Gasteiger partial charge >= 0.3 is 6.18 Å². The molecule has 3 aromatic rings. The van der Waals surface area contributed by atoms with Crippen LogP contribution in [0, 0.1) is 11.8 Å². The van der Waals surface area contributed by atoms with Gasteiger partial charge in [-0.15, -0.1) is 11.3 Å². The number of alkyl halides is 4. The predicted octanol–water partition coefficient (Wildman–Crippen LogP) is 6.57. The van der Waals surface area contributed by atoms with E-state index in [0.29, 0.717) is 34.0 Å². The molecule has 0 spiro atoms. The van der Waals surface area contributed by atoms with Crippen LogP contribution in [0.2, 0.25) is 0 Å². The van der Waals surface area contributed by atoms with Crippen molar-refractivity contribution >= 4 is 45.2 Å². The van der Waals surface area contributed by atoms with Crippen LogP contribution in [-0.2, 0) is 11.0 Å². The van der Waals surface area contributed by atoms with Crippen LogP contribution < -0.4 is 20.7 Å². The number of benzene rings is 2. The Balaban J connectivity index is 1.61. The summed E-state index contributed by atoms with van der Waals surface area (Å²) in [5.74, 6) is 5.66. The second-order valence-electron chi connectivity index (χ2n) is 10.1. The molecule has 2 aromatic carbocycles. The molecule has 2 atom stereocenters. The molecule has 216 valence electrons. The van der Waals surface area contributed by atoms with Crippen molar-refractivity contribution in [3.8, 4) is 17.6 Å². The highest BCUT2D eigenvalue weighted by Gasteiger charge is 2.32. The molecule has 1 aliphatic heterocycles. The van der Waals surface area contributed by atoms with Crippen molar-refractivity contribution in [2.45, 2.75) is 38.2 Å². The van der Waals surface area contributed by atoms with Crippen LogP contribution in [0.3, 0.4) is 0 Å². The summed E-state index contributed by atoms with van der Waals surface area (Å²) in [4.78, 5) is 2.27. The molecule has 2 N–H and O–H groups in total. The van der Waals surface area contributed by atoms with Crippen molar-refractivity contribution < 1.29 is 31.0 Å². The SMILES string of the molecule is [2H]C([2H])([2H])Oc1cc(P(C)(C)=O)ccc1NCC#Cc1sc2c(N[C@H]3CCN(CC)C[C@H]3F)cccc2c1CC(F)(F)F. The summed E-state index contributed by atoms with van der Waals surface area (Å²) in [5, 5.41) is 7.04. The van der Waals surface area contributed by atoms with E-state index in [4.69, 9.17) is 8.85 Å². The van der Waals surface area contributed by atoms with Crippen molar-refractivity contribution in [2.75, 3.05) is 57.2 Å². The lowest BCUT2D eigenvalue weighted by molar-refractivity contribution is -0.126. The highest BCUT2D eigenvalue weighted by Crippen LogP contribution is 2.40. The number of hydrogen-bond donors (Lipinski definition) is 2. The van der Waals surface area contributed by atoms with Gasteiger partial charge in [-0.25, -0.2) is 4.39 Å². The highest BCUT2D eigenvalue weighted by atomic mass is 32.1. The Hall–Kier alpha value is -2.73. The van der Waals surface area contributed by atoms with Gasteiger partial charge in [0.1, 0.15) is 19.1 Å². The monoisotopic (exact) mass is 598 g/mol. The van der Waals surface area contributed by atoms with E-state index < -0.39 is 39.0 Å². The zero-order valence-corrected chi connectivity index (χ0v) is 24.2. The van der Waals surface area contributed by atoms with Crippen molar-refractivity contribution in [1.29, 1.82) is 0 Å². The Bertz CT molecular complexity index is 1560. The normalized spacial score (nSPS) is 19.7. The number of rotatable bonds is 8. The maximum Gasteiger partial charge on any atom is 0.393 e. The number of methoxy groups -OCH3 is 1. The molecule has 0 aliphatic carbocycles. The zero-order valence-electron chi connectivity index (χ0n) is 25.5. The van der Waals surface area contributed by atoms with Crippen LogP contribution in [0.1, 0.15) is 27.9 Å². The number of hydrogen-bond acceptors (Lipinski definition) is 6. The van der Waals surface area contributed by atoms with Crippen LogP contribution in [0.4, 0.5) is 28.9 Å². The minimum absolute atomic E-state index is 0.0308. The van der Waals surface area contributed by atoms with Gasteiger partial charge in [0.25, 0.3) is 0 Å². The predicted molar refractivity (Wildman–Crippen MR) is 158 cm³/mol. The molecule has 1 fully saturated rings. The molecule has 0 bridgehead atoms. The molecule has 2 heterocycles. The van der Waals surface area contributed by atoms with Gasteiger partial charge in [0.05, 0.1) is 51.1 Å². The minimum Gasteiger partial charge on any atom is -0.495 e. The molecule has 0 radical (unpaired) electrons. The molecule has 0 unspecified atom stereocenters. The smallest absolute Gasteiger partial charge is 0.393 e. The first kappa shape index (κ1) is 26.2. The van der Waals surface area contributed by atoms with Crippen molar-refractivity contribution in [3.63, 3.8) is 0 Å². The molecule has 11 heteroatoms. The van der Waals surface area contributed by atoms with E-state index in [2.05, 4.69) is 22.5 Å². The molecule has 1 aromatic heterocycles. The van der Waals surface area contributed by atoms with Gasteiger partial charge in [0.2, 0.25) is 0 Å². The first-order valence-corrected chi connectivity index (χ1v) is 16.3. The largest absolute Gasteiger partial charge is 0.495 e. The number of nitrogens with zero attached hydrogens (tertiary/aromatic N) is 1. The Morgan fingerprint density at radius 2 is 2.05 bits per heavy atom. The van der Waals surface area contributed by atoms with E-state index in [1.54, 1.807) is 37.6 Å². The Morgan fingerprint density at radius 1 is 1.25 bits per heavy atom. The number of fused-ring (bicyclic) bond motifs is 1. The van der Waals surface area contributed by atoms with Gasteiger partial charge in [-0.3, -0.25) is 0 Å². The minimum atomic E-state index is -4.47. The van der Waals surface area contributed by atoms with Gasteiger partial charge in [-0.1, -0.05) is 30.9 Å². The molecular formula is C29H34F4N3O2PS. The van der Waals surface area contributed by atoms with E-state index in [9.17, 15) is 22.1 Å². The summed E-state index contributed by atoms with van der Waals surface area (Å²) in [6, 6.07) is 9.10. The van der Waals surface area contributed by atoms with Gasteiger partial charge < -0.3 is 24.8 Å². The number of anilines is 2. The topological polar surface area (TPSA) is 53.6 Å². The molecule has 0 amide bonds. The summed E-state index contributed by atoms with van der Waals surface area (Å²) in [6.07, 6.45) is -6.17. The fraction of sp³-hybridized carbons (Fsp3) is 0.448. The average molecular weight is 599 g/mol. The number of halogens is 4. The summed E-state index contributed by atoms with van der Waals surface area (Å²) >= 11 is 1.12. The quantitative estimate of drug-likeness (QED) is 0.175. The summed E-state index contributed by atoms with van der Waals surface area (Å²) in [6.45, 7) is 6.83. The Kier molecular flexibility index (Phi) is 8.13. The lowest BCUT2D eigenvalue weighted by Gasteiger charge is -2.35. The Labute approximate surface area is 240 Å². The molecule has 5 nitrogen and oxygen atoms in total. The van der Waals surface area contributed by atoms with Gasteiger partial charge in [0.15, 0.2) is 0 Å². The molecule has 1 aliphatic rings. The third kappa shape index (κ3) is 7.31. The third-order valence-electron chi connectivity index (χ3n) is 6.88. The van der Waals surface area contributed by atoms with E-state index in [-0.39, 0.29) is 28.4 Å². The van der Waals surface area contributed by atoms with Crippen LogP contribution in [0.25, 0.3) is 10.1 Å². The molecule has 1 saturated heterocycles. The lowest BCUT2D eigenvalue weighted by atomic mass is 10.0. The van der Waals surface area contributed by atoms with Crippen LogP contribution in [0.5, 0.6) is 5.75 Å². The van der Waals surface area contributed by atoms with Crippen LogP contribution in [0.15, 0.2) is 36.4 Å². The highest BCUT2D eigenvalue weighted by molar-refractivity contribution is 7.70. The zero-order chi connectivity index (χ0) is 31.6. The number of piperidine rings is 1. The van der Waals surface area contributed by atoms with Gasteiger partial charge in [-0.05, 0) is 61.5 Å². The maximum absolute atomic E-state index is 14.9. The van der Waals surface area contributed by atoms with Crippen LogP contribution in [-0.4, -0.2) is 69.8 Å². The fourth-order valence-electron chi connectivity index (χ4n) is 4.72. The molecule has 40 heavy (non-hydrogen) atoms. The lowest BCUT2D eigenvalue weighted by Crippen LogP contribution is -2.47. The second-order valence-corrected chi connectivity index (χ2v) is 14.4. The number of thiophene rings is 1. The number of ether oxygens (including phenoxy) is 1. The van der Waals surface area contributed by atoms with Gasteiger partial charge in [-0.2, -0.15) is 13.2 Å². The van der Waals surface area contributed by atoms with Crippen LogP contribution >= 0.6 is 18.5 Å². The summed E-state index contributed by atoms with van der Waals surface area (Å²) in [5.41, 5.74) is 0.917. The fourth-order valence-corrected chi connectivity index (χ4v) is 6.75. The van der Waals surface area contributed by atoms with E-state index in [0.717, 1.165) is 24.4 Å². The molecule has 0 saturated carbocycles. The average Bonchev–Trinajstić information content (AvgIpc) is 3.23. The Morgan fingerprint density at radius 3 is 2.73 bits per heavy atom.